The van der Waals surface area contributed by atoms with Crippen molar-refractivity contribution in [3.63, 3.8) is 0 Å². The van der Waals surface area contributed by atoms with Crippen LogP contribution in [0.1, 0.15) is 35.2 Å². The Labute approximate surface area is 84.1 Å². The highest BCUT2D eigenvalue weighted by Gasteiger charge is 2.25. The van der Waals surface area contributed by atoms with Crippen molar-refractivity contribution < 1.29 is 9.52 Å². The Bertz CT molecular complexity index is 330. The molecule has 1 atom stereocenters. The second-order valence-corrected chi connectivity index (χ2v) is 3.90. The summed E-state index contributed by atoms with van der Waals surface area (Å²) in [6, 6.07) is 0. The van der Waals surface area contributed by atoms with Crippen LogP contribution < -0.4 is 5.32 Å². The molecule has 0 saturated heterocycles. The number of aryl methyl sites for hydroxylation is 2. The zero-order valence-corrected chi connectivity index (χ0v) is 8.76. The summed E-state index contributed by atoms with van der Waals surface area (Å²) in [6.45, 7) is 2.53. The number of likely N-dealkylation sites (N-methyl/N-ethyl adjacent to an activating group) is 1. The van der Waals surface area contributed by atoms with Crippen molar-refractivity contribution >= 4 is 0 Å². The molecule has 1 unspecified atom stereocenters. The third-order valence-electron chi connectivity index (χ3n) is 2.88. The Morgan fingerprint density at radius 3 is 3.00 bits per heavy atom. The van der Waals surface area contributed by atoms with Gasteiger partial charge in [0.25, 0.3) is 0 Å². The minimum atomic E-state index is -0.425. The fourth-order valence-electron chi connectivity index (χ4n) is 2.30. The Kier molecular flexibility index (Phi) is 2.61. The lowest BCUT2D eigenvalue weighted by Crippen LogP contribution is -2.17. The average Bonchev–Trinajstić information content (AvgIpc) is 2.63. The highest BCUT2D eigenvalue weighted by Crippen LogP contribution is 2.33. The molecule has 0 bridgehead atoms. The number of hydrogen-bond acceptors (Lipinski definition) is 3. The molecule has 0 amide bonds. The molecule has 0 saturated carbocycles. The Morgan fingerprint density at radius 2 is 2.29 bits per heavy atom. The van der Waals surface area contributed by atoms with E-state index in [0.29, 0.717) is 6.54 Å². The Morgan fingerprint density at radius 1 is 1.50 bits per heavy atom. The zero-order chi connectivity index (χ0) is 10.1. The lowest BCUT2D eigenvalue weighted by Gasteiger charge is -2.10. The van der Waals surface area contributed by atoms with Gasteiger partial charge in [-0.1, -0.05) is 0 Å². The summed E-state index contributed by atoms with van der Waals surface area (Å²) in [5.41, 5.74) is 2.28. The topological polar surface area (TPSA) is 45.4 Å². The molecule has 0 aliphatic heterocycles. The van der Waals surface area contributed by atoms with Crippen molar-refractivity contribution in [1.82, 2.24) is 5.32 Å². The third kappa shape index (κ3) is 1.47. The fraction of sp³-hybridized carbons (Fsp3) is 0.636. The van der Waals surface area contributed by atoms with E-state index in [9.17, 15) is 5.11 Å². The van der Waals surface area contributed by atoms with E-state index >= 15 is 0 Å². The summed E-state index contributed by atoms with van der Waals surface area (Å²) >= 11 is 0. The first-order valence-corrected chi connectivity index (χ1v) is 5.17. The maximum atomic E-state index is 9.93. The molecule has 1 aromatic rings. The quantitative estimate of drug-likeness (QED) is 0.764. The normalized spacial score (nSPS) is 17.1. The number of aliphatic hydroxyl groups excluding tert-OH is 1. The average molecular weight is 195 g/mol. The number of nitrogens with one attached hydrogen (secondary N) is 1. The number of aliphatic hydroxyl groups is 1. The molecule has 0 fully saturated rings. The Hall–Kier alpha value is -0.800. The third-order valence-corrected chi connectivity index (χ3v) is 2.88. The molecule has 1 aliphatic rings. The second kappa shape index (κ2) is 3.75. The van der Waals surface area contributed by atoms with E-state index in [0.717, 1.165) is 36.3 Å². The maximum absolute atomic E-state index is 9.93. The zero-order valence-electron chi connectivity index (χ0n) is 8.76. The lowest BCUT2D eigenvalue weighted by atomic mass is 10.0. The molecule has 0 aromatic carbocycles. The van der Waals surface area contributed by atoms with Crippen LogP contribution in [0.3, 0.4) is 0 Å². The first kappa shape index (κ1) is 9.74. The van der Waals surface area contributed by atoms with Gasteiger partial charge in [-0.2, -0.15) is 0 Å². The van der Waals surface area contributed by atoms with Gasteiger partial charge >= 0.3 is 0 Å². The predicted octanol–water partition coefficient (Wildman–Crippen LogP) is 1.33. The number of rotatable bonds is 3. The van der Waals surface area contributed by atoms with Gasteiger partial charge in [-0.25, -0.2) is 0 Å². The molecular formula is C11H17NO2. The highest BCUT2D eigenvalue weighted by atomic mass is 16.3. The van der Waals surface area contributed by atoms with Gasteiger partial charge < -0.3 is 14.8 Å². The van der Waals surface area contributed by atoms with E-state index in [2.05, 4.69) is 5.32 Å². The van der Waals surface area contributed by atoms with E-state index in [1.165, 1.54) is 5.56 Å². The summed E-state index contributed by atoms with van der Waals surface area (Å²) in [7, 11) is 1.85. The van der Waals surface area contributed by atoms with Crippen molar-refractivity contribution in [2.24, 2.45) is 0 Å². The number of furan rings is 1. The van der Waals surface area contributed by atoms with Crippen LogP contribution in [0.2, 0.25) is 0 Å². The monoisotopic (exact) mass is 195 g/mol. The van der Waals surface area contributed by atoms with Gasteiger partial charge in [0.15, 0.2) is 0 Å². The minimum absolute atomic E-state index is 0.425. The molecule has 1 aromatic heterocycles. The summed E-state index contributed by atoms with van der Waals surface area (Å²) in [5.74, 6) is 1.98. The first-order valence-electron chi connectivity index (χ1n) is 5.17. The fourth-order valence-corrected chi connectivity index (χ4v) is 2.30. The maximum Gasteiger partial charge on any atom is 0.107 e. The molecule has 3 heteroatoms. The minimum Gasteiger partial charge on any atom is -0.466 e. The molecule has 78 valence electrons. The Balaban J connectivity index is 2.32. The summed E-state index contributed by atoms with van der Waals surface area (Å²) < 4.78 is 5.64. The van der Waals surface area contributed by atoms with Gasteiger partial charge in [0.1, 0.15) is 11.5 Å². The van der Waals surface area contributed by atoms with Crippen LogP contribution in [-0.4, -0.2) is 18.7 Å². The van der Waals surface area contributed by atoms with Gasteiger partial charge in [0.2, 0.25) is 0 Å². The number of fused-ring (bicyclic) bond motifs is 1. The van der Waals surface area contributed by atoms with Crippen LogP contribution in [0.5, 0.6) is 0 Å². The smallest absolute Gasteiger partial charge is 0.107 e. The van der Waals surface area contributed by atoms with E-state index in [-0.39, 0.29) is 0 Å². The molecule has 0 radical (unpaired) electrons. The summed E-state index contributed by atoms with van der Waals surface area (Å²) in [4.78, 5) is 0. The second-order valence-electron chi connectivity index (χ2n) is 3.90. The van der Waals surface area contributed by atoms with E-state index < -0.39 is 6.10 Å². The van der Waals surface area contributed by atoms with Gasteiger partial charge in [0, 0.05) is 18.5 Å². The molecular weight excluding hydrogens is 178 g/mol. The first-order chi connectivity index (χ1) is 6.74. The molecule has 2 N–H and O–H groups in total. The standard InChI is InChI=1S/C11H17NO2/c1-7-11(9(13)6-12-2)8-4-3-5-10(8)14-7/h9,12-13H,3-6H2,1-2H3. The van der Waals surface area contributed by atoms with Gasteiger partial charge in [0.05, 0.1) is 6.10 Å². The predicted molar refractivity (Wildman–Crippen MR) is 54.4 cm³/mol. The molecule has 1 aliphatic carbocycles. The molecule has 3 nitrogen and oxygen atoms in total. The van der Waals surface area contributed by atoms with Gasteiger partial charge in [-0.3, -0.25) is 0 Å². The van der Waals surface area contributed by atoms with Crippen LogP contribution in [0.25, 0.3) is 0 Å². The van der Waals surface area contributed by atoms with E-state index in [1.807, 2.05) is 14.0 Å². The van der Waals surface area contributed by atoms with Crippen molar-refractivity contribution in [2.45, 2.75) is 32.3 Å². The van der Waals surface area contributed by atoms with Crippen LogP contribution in [-0.2, 0) is 12.8 Å². The van der Waals surface area contributed by atoms with Gasteiger partial charge in [-0.15, -0.1) is 0 Å². The van der Waals surface area contributed by atoms with Crippen LogP contribution in [0, 0.1) is 6.92 Å². The van der Waals surface area contributed by atoms with Crippen LogP contribution in [0.15, 0.2) is 4.42 Å². The highest BCUT2D eigenvalue weighted by molar-refractivity contribution is 5.38. The largest absolute Gasteiger partial charge is 0.466 e. The van der Waals surface area contributed by atoms with Crippen molar-refractivity contribution in [3.05, 3.63) is 22.6 Å². The SMILES string of the molecule is CNCC(O)c1c(C)oc2c1CCC2. The van der Waals surface area contributed by atoms with Gasteiger partial charge in [-0.05, 0) is 32.4 Å². The summed E-state index contributed by atoms with van der Waals surface area (Å²) in [5, 5.41) is 12.9. The lowest BCUT2D eigenvalue weighted by molar-refractivity contribution is 0.175. The number of hydrogen-bond donors (Lipinski definition) is 2. The molecule has 1 heterocycles. The van der Waals surface area contributed by atoms with Crippen molar-refractivity contribution in [2.75, 3.05) is 13.6 Å². The van der Waals surface area contributed by atoms with Crippen molar-refractivity contribution in [1.29, 1.82) is 0 Å². The molecule has 0 spiro atoms. The summed E-state index contributed by atoms with van der Waals surface area (Å²) in [6.07, 6.45) is 2.82. The molecule has 14 heavy (non-hydrogen) atoms. The van der Waals surface area contributed by atoms with Crippen molar-refractivity contribution in [3.8, 4) is 0 Å². The van der Waals surface area contributed by atoms with Crippen LogP contribution >= 0.6 is 0 Å². The van der Waals surface area contributed by atoms with E-state index in [4.69, 9.17) is 4.42 Å². The van der Waals surface area contributed by atoms with Crippen LogP contribution in [0.4, 0.5) is 0 Å². The molecule has 2 rings (SSSR count). The van der Waals surface area contributed by atoms with E-state index in [1.54, 1.807) is 0 Å².